The van der Waals surface area contributed by atoms with Crippen LogP contribution in [0.4, 0.5) is 0 Å². The highest BCUT2D eigenvalue weighted by atomic mass is 16.5. The first-order valence-corrected chi connectivity index (χ1v) is 8.91. The van der Waals surface area contributed by atoms with Crippen molar-refractivity contribution < 1.29 is 9.53 Å². The number of hydrogen-bond acceptors (Lipinski definition) is 5. The van der Waals surface area contributed by atoms with Crippen LogP contribution in [0.25, 0.3) is 11.4 Å². The third kappa shape index (κ3) is 3.87. The molecular formula is C18H23N5O2. The monoisotopic (exact) mass is 341 g/mol. The minimum atomic E-state index is 0.0715. The number of ether oxygens (including phenoxy) is 1. The van der Waals surface area contributed by atoms with Crippen LogP contribution in [0.2, 0.25) is 0 Å². The van der Waals surface area contributed by atoms with Crippen LogP contribution in [0, 0.1) is 12.8 Å². The van der Waals surface area contributed by atoms with E-state index < -0.39 is 0 Å². The molecule has 132 valence electrons. The second kappa shape index (κ2) is 6.92. The summed E-state index contributed by atoms with van der Waals surface area (Å²) in [5, 5.41) is 12.5. The van der Waals surface area contributed by atoms with Crippen molar-refractivity contribution in [2.24, 2.45) is 5.92 Å². The lowest BCUT2D eigenvalue weighted by molar-refractivity contribution is -0.133. The first kappa shape index (κ1) is 16.2. The Morgan fingerprint density at radius 2 is 2.08 bits per heavy atom. The molecule has 7 nitrogen and oxygen atoms in total. The van der Waals surface area contributed by atoms with Gasteiger partial charge in [0, 0.05) is 30.7 Å². The lowest BCUT2D eigenvalue weighted by Crippen LogP contribution is -2.39. The van der Waals surface area contributed by atoms with Gasteiger partial charge in [0.2, 0.25) is 11.7 Å². The first-order chi connectivity index (χ1) is 12.2. The third-order valence-electron chi connectivity index (χ3n) is 4.83. The van der Waals surface area contributed by atoms with E-state index in [0.29, 0.717) is 17.8 Å². The summed E-state index contributed by atoms with van der Waals surface area (Å²) in [7, 11) is 0. The average molecular weight is 341 g/mol. The molecule has 2 aliphatic rings. The van der Waals surface area contributed by atoms with E-state index in [0.717, 1.165) is 44.6 Å². The van der Waals surface area contributed by atoms with Gasteiger partial charge >= 0.3 is 0 Å². The SMILES string of the molecule is Cc1ccc(-c2nnn(CC(=O)N(CC3CCOC3)C3CC3)n2)cc1. The van der Waals surface area contributed by atoms with Gasteiger partial charge in [-0.1, -0.05) is 29.8 Å². The van der Waals surface area contributed by atoms with Gasteiger partial charge in [-0.25, -0.2) is 0 Å². The van der Waals surface area contributed by atoms with Crippen molar-refractivity contribution >= 4 is 5.91 Å². The van der Waals surface area contributed by atoms with E-state index >= 15 is 0 Å². The predicted molar refractivity (Wildman–Crippen MR) is 91.7 cm³/mol. The van der Waals surface area contributed by atoms with Crippen LogP contribution in [0.5, 0.6) is 0 Å². The molecule has 1 aliphatic carbocycles. The molecule has 1 atom stereocenters. The van der Waals surface area contributed by atoms with E-state index in [1.807, 2.05) is 36.1 Å². The van der Waals surface area contributed by atoms with Crippen LogP contribution < -0.4 is 0 Å². The second-order valence-corrected chi connectivity index (χ2v) is 7.02. The van der Waals surface area contributed by atoms with Gasteiger partial charge in [-0.05, 0) is 31.4 Å². The number of hydrogen-bond donors (Lipinski definition) is 0. The number of aromatic nitrogens is 4. The number of rotatable bonds is 6. The molecule has 0 N–H and O–H groups in total. The molecule has 1 amide bonds. The Balaban J connectivity index is 1.41. The largest absolute Gasteiger partial charge is 0.381 e. The number of benzene rings is 1. The molecule has 1 aromatic heterocycles. The van der Waals surface area contributed by atoms with Crippen molar-refractivity contribution in [1.29, 1.82) is 0 Å². The lowest BCUT2D eigenvalue weighted by Gasteiger charge is -2.24. The van der Waals surface area contributed by atoms with Gasteiger partial charge in [-0.3, -0.25) is 4.79 Å². The van der Waals surface area contributed by atoms with E-state index in [9.17, 15) is 4.79 Å². The normalized spacial score (nSPS) is 20.0. The molecule has 2 aromatic rings. The van der Waals surface area contributed by atoms with Crippen molar-refractivity contribution in [1.82, 2.24) is 25.1 Å². The zero-order valence-electron chi connectivity index (χ0n) is 14.5. The number of amides is 1. The molecule has 25 heavy (non-hydrogen) atoms. The first-order valence-electron chi connectivity index (χ1n) is 8.91. The molecule has 2 heterocycles. The van der Waals surface area contributed by atoms with Gasteiger partial charge in [0.25, 0.3) is 0 Å². The molecule has 2 fully saturated rings. The number of carbonyl (C=O) groups excluding carboxylic acids is 1. The number of carbonyl (C=O) groups is 1. The van der Waals surface area contributed by atoms with E-state index in [-0.39, 0.29) is 12.5 Å². The Bertz CT molecular complexity index is 732. The van der Waals surface area contributed by atoms with Gasteiger partial charge in [-0.15, -0.1) is 10.2 Å². The minimum absolute atomic E-state index is 0.0715. The quantitative estimate of drug-likeness (QED) is 0.799. The topological polar surface area (TPSA) is 73.1 Å². The summed E-state index contributed by atoms with van der Waals surface area (Å²) in [5.41, 5.74) is 2.09. The average Bonchev–Trinajstić information content (AvgIpc) is 3.12. The van der Waals surface area contributed by atoms with Crippen LogP contribution in [0.1, 0.15) is 24.8 Å². The van der Waals surface area contributed by atoms with Gasteiger partial charge in [0.05, 0.1) is 6.61 Å². The summed E-state index contributed by atoms with van der Waals surface area (Å²) in [6.07, 6.45) is 3.23. The maximum absolute atomic E-state index is 12.7. The van der Waals surface area contributed by atoms with Gasteiger partial charge in [-0.2, -0.15) is 4.80 Å². The Kier molecular flexibility index (Phi) is 4.48. The van der Waals surface area contributed by atoms with Crippen LogP contribution in [-0.2, 0) is 16.1 Å². The standard InChI is InChI=1S/C18H23N5O2/c1-13-2-4-15(5-3-13)18-19-21-23(20-18)11-17(24)22(16-6-7-16)10-14-8-9-25-12-14/h2-5,14,16H,6-12H2,1H3. The van der Waals surface area contributed by atoms with E-state index in [1.165, 1.54) is 10.4 Å². The predicted octanol–water partition coefficient (Wildman–Crippen LogP) is 1.68. The van der Waals surface area contributed by atoms with Crippen LogP contribution in [0.3, 0.4) is 0 Å². The zero-order valence-corrected chi connectivity index (χ0v) is 14.5. The van der Waals surface area contributed by atoms with Crippen LogP contribution >= 0.6 is 0 Å². The molecule has 0 bridgehead atoms. The summed E-state index contributed by atoms with van der Waals surface area (Å²) in [6.45, 7) is 4.53. The van der Waals surface area contributed by atoms with Gasteiger partial charge in [0.15, 0.2) is 0 Å². The van der Waals surface area contributed by atoms with Crippen LogP contribution in [0.15, 0.2) is 24.3 Å². The molecule has 1 unspecified atom stereocenters. The highest BCUT2D eigenvalue weighted by molar-refractivity contribution is 5.76. The molecule has 7 heteroatoms. The summed E-state index contributed by atoms with van der Waals surface area (Å²) in [5.74, 6) is 1.08. The minimum Gasteiger partial charge on any atom is -0.381 e. The fraction of sp³-hybridized carbons (Fsp3) is 0.556. The maximum Gasteiger partial charge on any atom is 0.246 e. The van der Waals surface area contributed by atoms with Crippen molar-refractivity contribution in [2.45, 2.75) is 38.8 Å². The zero-order chi connectivity index (χ0) is 17.2. The van der Waals surface area contributed by atoms with Crippen molar-refractivity contribution in [3.8, 4) is 11.4 Å². The second-order valence-electron chi connectivity index (χ2n) is 7.02. The van der Waals surface area contributed by atoms with E-state index in [2.05, 4.69) is 15.4 Å². The number of tetrazole rings is 1. The number of aryl methyl sites for hydroxylation is 1. The molecule has 0 radical (unpaired) electrons. The molecule has 4 rings (SSSR count). The van der Waals surface area contributed by atoms with E-state index in [4.69, 9.17) is 4.74 Å². The molecule has 1 aromatic carbocycles. The molecule has 1 saturated heterocycles. The van der Waals surface area contributed by atoms with E-state index in [1.54, 1.807) is 0 Å². The van der Waals surface area contributed by atoms with Crippen molar-refractivity contribution in [3.05, 3.63) is 29.8 Å². The summed E-state index contributed by atoms with van der Waals surface area (Å²) in [6, 6.07) is 8.34. The lowest BCUT2D eigenvalue weighted by atomic mass is 10.1. The molecule has 0 spiro atoms. The van der Waals surface area contributed by atoms with Gasteiger partial charge in [0.1, 0.15) is 6.54 Å². The molecular weight excluding hydrogens is 318 g/mol. The number of nitrogens with zero attached hydrogens (tertiary/aromatic N) is 5. The third-order valence-corrected chi connectivity index (χ3v) is 4.83. The Hall–Kier alpha value is -2.28. The van der Waals surface area contributed by atoms with Crippen LogP contribution in [-0.4, -0.2) is 56.8 Å². The smallest absolute Gasteiger partial charge is 0.246 e. The summed E-state index contributed by atoms with van der Waals surface area (Å²) < 4.78 is 5.44. The fourth-order valence-electron chi connectivity index (χ4n) is 3.19. The Labute approximate surface area is 147 Å². The maximum atomic E-state index is 12.7. The molecule has 1 saturated carbocycles. The fourth-order valence-corrected chi connectivity index (χ4v) is 3.19. The highest BCUT2D eigenvalue weighted by Crippen LogP contribution is 2.29. The Morgan fingerprint density at radius 3 is 2.76 bits per heavy atom. The molecule has 1 aliphatic heterocycles. The Morgan fingerprint density at radius 1 is 1.28 bits per heavy atom. The van der Waals surface area contributed by atoms with Crippen molar-refractivity contribution in [2.75, 3.05) is 19.8 Å². The summed E-state index contributed by atoms with van der Waals surface area (Å²) >= 11 is 0. The highest BCUT2D eigenvalue weighted by Gasteiger charge is 2.35. The van der Waals surface area contributed by atoms with Gasteiger partial charge < -0.3 is 9.64 Å². The van der Waals surface area contributed by atoms with Crippen molar-refractivity contribution in [3.63, 3.8) is 0 Å². The summed E-state index contributed by atoms with van der Waals surface area (Å²) in [4.78, 5) is 16.1.